The minimum atomic E-state index is -3.98. The van der Waals surface area contributed by atoms with Crippen molar-refractivity contribution in [2.24, 2.45) is 0 Å². The molecule has 1 rings (SSSR count). The summed E-state index contributed by atoms with van der Waals surface area (Å²) in [7, 11) is 4.41. The maximum Gasteiger partial charge on any atom is 0.262 e. The van der Waals surface area contributed by atoms with Gasteiger partial charge in [-0.3, -0.25) is 4.79 Å². The van der Waals surface area contributed by atoms with Crippen molar-refractivity contribution in [3.05, 3.63) is 27.2 Å². The van der Waals surface area contributed by atoms with E-state index in [1.54, 1.807) is 7.05 Å². The Balaban J connectivity index is 3.22. The summed E-state index contributed by atoms with van der Waals surface area (Å²) in [6.45, 7) is 0.710. The molecule has 0 fully saturated rings. The Labute approximate surface area is 135 Å². The fourth-order valence-corrected chi connectivity index (χ4v) is 3.99. The summed E-state index contributed by atoms with van der Waals surface area (Å²) >= 11 is 9.03. The molecule has 0 aromatic heterocycles. The number of amides is 1. The van der Waals surface area contributed by atoms with E-state index in [0.29, 0.717) is 13.2 Å². The number of nitrogens with zero attached hydrogens (tertiary/aromatic N) is 1. The standard InChI is InChI=1S/C11H12BrCl2NO4S/c1-15(3-4-19-2)11(16)7-5-10(20(14,17)18)8(12)6-9(7)13/h5-6H,3-4H2,1-2H3. The van der Waals surface area contributed by atoms with E-state index in [-0.39, 0.29) is 20.0 Å². The Kier molecular flexibility index (Phi) is 6.27. The van der Waals surface area contributed by atoms with Crippen molar-refractivity contribution in [3.8, 4) is 0 Å². The zero-order valence-electron chi connectivity index (χ0n) is 10.7. The number of hydrogen-bond acceptors (Lipinski definition) is 4. The van der Waals surface area contributed by atoms with Gasteiger partial charge in [-0.05, 0) is 28.1 Å². The van der Waals surface area contributed by atoms with Gasteiger partial charge in [-0.25, -0.2) is 8.42 Å². The first-order valence-electron chi connectivity index (χ1n) is 5.36. The van der Waals surface area contributed by atoms with Gasteiger partial charge < -0.3 is 9.64 Å². The smallest absolute Gasteiger partial charge is 0.262 e. The van der Waals surface area contributed by atoms with Crippen LogP contribution in [0.25, 0.3) is 0 Å². The van der Waals surface area contributed by atoms with Crippen LogP contribution in [-0.2, 0) is 13.8 Å². The van der Waals surface area contributed by atoms with Crippen molar-refractivity contribution >= 4 is 53.2 Å². The minimum Gasteiger partial charge on any atom is -0.383 e. The lowest BCUT2D eigenvalue weighted by atomic mass is 10.2. The first kappa shape index (κ1) is 17.7. The fourth-order valence-electron chi connectivity index (χ4n) is 1.42. The number of benzene rings is 1. The summed E-state index contributed by atoms with van der Waals surface area (Å²) in [4.78, 5) is 13.4. The monoisotopic (exact) mass is 403 g/mol. The van der Waals surface area contributed by atoms with Gasteiger partial charge in [0.15, 0.2) is 0 Å². The fraction of sp³-hybridized carbons (Fsp3) is 0.364. The number of halogens is 3. The second-order valence-electron chi connectivity index (χ2n) is 3.92. The summed E-state index contributed by atoms with van der Waals surface area (Å²) in [5.41, 5.74) is 0.0627. The van der Waals surface area contributed by atoms with Gasteiger partial charge in [-0.15, -0.1) is 0 Å². The lowest BCUT2D eigenvalue weighted by Crippen LogP contribution is -2.30. The van der Waals surface area contributed by atoms with Gasteiger partial charge in [0.2, 0.25) is 0 Å². The van der Waals surface area contributed by atoms with E-state index in [4.69, 9.17) is 27.0 Å². The molecular formula is C11H12BrCl2NO4S. The van der Waals surface area contributed by atoms with Crippen molar-refractivity contribution in [2.75, 3.05) is 27.3 Å². The Hall–Kier alpha value is -0.340. The number of carbonyl (C=O) groups excluding carboxylic acids is 1. The third-order valence-corrected chi connectivity index (χ3v) is 5.09. The van der Waals surface area contributed by atoms with Gasteiger partial charge in [0, 0.05) is 35.9 Å². The topological polar surface area (TPSA) is 63.7 Å². The Morgan fingerprint density at radius 3 is 2.55 bits per heavy atom. The van der Waals surface area contributed by atoms with Crippen LogP contribution in [0.2, 0.25) is 5.02 Å². The molecule has 0 aliphatic rings. The van der Waals surface area contributed by atoms with Crippen LogP contribution in [0.3, 0.4) is 0 Å². The molecule has 0 aliphatic heterocycles. The number of hydrogen-bond donors (Lipinski definition) is 0. The van der Waals surface area contributed by atoms with Crippen LogP contribution in [-0.4, -0.2) is 46.5 Å². The van der Waals surface area contributed by atoms with Crippen LogP contribution in [0.4, 0.5) is 0 Å². The van der Waals surface area contributed by atoms with Gasteiger partial charge in [0.05, 0.1) is 22.1 Å². The van der Waals surface area contributed by atoms with E-state index in [9.17, 15) is 13.2 Å². The molecule has 0 atom stereocenters. The van der Waals surface area contributed by atoms with Crippen molar-refractivity contribution < 1.29 is 17.9 Å². The third kappa shape index (κ3) is 4.33. The average molecular weight is 405 g/mol. The summed E-state index contributed by atoms with van der Waals surface area (Å²) < 4.78 is 27.9. The van der Waals surface area contributed by atoms with E-state index >= 15 is 0 Å². The molecule has 0 spiro atoms. The molecule has 0 unspecified atom stereocenters. The number of likely N-dealkylation sites (N-methyl/N-ethyl adjacent to an activating group) is 1. The maximum atomic E-state index is 12.2. The molecule has 1 amide bonds. The molecule has 9 heteroatoms. The van der Waals surface area contributed by atoms with Crippen molar-refractivity contribution in [3.63, 3.8) is 0 Å². The number of carbonyl (C=O) groups is 1. The molecule has 0 N–H and O–H groups in total. The molecule has 20 heavy (non-hydrogen) atoms. The van der Waals surface area contributed by atoms with Crippen LogP contribution in [0.1, 0.15) is 10.4 Å². The molecule has 1 aromatic carbocycles. The largest absolute Gasteiger partial charge is 0.383 e. The third-order valence-electron chi connectivity index (χ3n) is 2.49. The Bertz CT molecular complexity index is 621. The molecular weight excluding hydrogens is 393 g/mol. The lowest BCUT2D eigenvalue weighted by molar-refractivity contribution is 0.0744. The first-order chi connectivity index (χ1) is 9.18. The summed E-state index contributed by atoms with van der Waals surface area (Å²) in [6, 6.07) is 2.48. The van der Waals surface area contributed by atoms with E-state index in [1.165, 1.54) is 18.1 Å². The van der Waals surface area contributed by atoms with Crippen molar-refractivity contribution in [2.45, 2.75) is 4.90 Å². The molecule has 5 nitrogen and oxygen atoms in total. The Morgan fingerprint density at radius 1 is 1.45 bits per heavy atom. The number of methoxy groups -OCH3 is 1. The normalized spacial score (nSPS) is 11.4. The lowest BCUT2D eigenvalue weighted by Gasteiger charge is -2.18. The van der Waals surface area contributed by atoms with E-state index in [2.05, 4.69) is 15.9 Å². The molecule has 1 aromatic rings. The van der Waals surface area contributed by atoms with Gasteiger partial charge in [-0.1, -0.05) is 11.6 Å². The minimum absolute atomic E-state index is 0.0627. The summed E-state index contributed by atoms with van der Waals surface area (Å²) in [6.07, 6.45) is 0. The first-order valence-corrected chi connectivity index (χ1v) is 8.84. The second-order valence-corrected chi connectivity index (χ2v) is 7.72. The number of ether oxygens (including phenoxy) is 1. The second kappa shape index (κ2) is 7.09. The predicted octanol–water partition coefficient (Wildman–Crippen LogP) is 2.75. The number of rotatable bonds is 5. The van der Waals surface area contributed by atoms with E-state index in [0.717, 1.165) is 6.07 Å². The maximum absolute atomic E-state index is 12.2. The van der Waals surface area contributed by atoms with Crippen LogP contribution in [0.15, 0.2) is 21.5 Å². The van der Waals surface area contributed by atoms with Crippen LogP contribution >= 0.6 is 38.2 Å². The highest BCUT2D eigenvalue weighted by molar-refractivity contribution is 9.10. The van der Waals surface area contributed by atoms with Crippen molar-refractivity contribution in [1.29, 1.82) is 0 Å². The Morgan fingerprint density at radius 2 is 2.05 bits per heavy atom. The highest BCUT2D eigenvalue weighted by atomic mass is 79.9. The van der Waals surface area contributed by atoms with Gasteiger partial charge in [-0.2, -0.15) is 0 Å². The molecule has 0 bridgehead atoms. The highest BCUT2D eigenvalue weighted by Gasteiger charge is 2.22. The van der Waals surface area contributed by atoms with Crippen molar-refractivity contribution in [1.82, 2.24) is 4.90 Å². The van der Waals surface area contributed by atoms with Gasteiger partial charge >= 0.3 is 0 Å². The van der Waals surface area contributed by atoms with Crippen LogP contribution in [0, 0.1) is 0 Å². The highest BCUT2D eigenvalue weighted by Crippen LogP contribution is 2.31. The van der Waals surface area contributed by atoms with Gasteiger partial charge in [0.1, 0.15) is 0 Å². The molecule has 0 radical (unpaired) electrons. The molecule has 0 heterocycles. The van der Waals surface area contributed by atoms with Crippen LogP contribution < -0.4 is 0 Å². The van der Waals surface area contributed by atoms with Crippen LogP contribution in [0.5, 0.6) is 0 Å². The summed E-state index contributed by atoms with van der Waals surface area (Å²) in [5.74, 6) is -0.416. The average Bonchev–Trinajstić information content (AvgIpc) is 2.33. The predicted molar refractivity (Wildman–Crippen MR) is 81.0 cm³/mol. The zero-order chi connectivity index (χ0) is 15.5. The molecule has 0 aliphatic carbocycles. The molecule has 0 saturated heterocycles. The summed E-state index contributed by atoms with van der Waals surface area (Å²) in [5, 5.41) is 0.134. The molecule has 112 valence electrons. The SMILES string of the molecule is COCCN(C)C(=O)c1cc(S(=O)(=O)Cl)c(Br)cc1Cl. The quantitative estimate of drug-likeness (QED) is 0.707. The van der Waals surface area contributed by atoms with E-state index < -0.39 is 15.0 Å². The zero-order valence-corrected chi connectivity index (χ0v) is 14.6. The van der Waals surface area contributed by atoms with Gasteiger partial charge in [0.25, 0.3) is 15.0 Å². The van der Waals surface area contributed by atoms with E-state index in [1.807, 2.05) is 0 Å². The molecule has 0 saturated carbocycles.